The summed E-state index contributed by atoms with van der Waals surface area (Å²) in [5, 5.41) is 63.1. The number of hydrogen-bond donors (Lipinski definition) is 8. The molecule has 0 spiro atoms. The molecule has 9 N–H and O–H groups in total. The number of aliphatic hydroxyl groups is 6. The molecule has 2 rings (SSSR count). The summed E-state index contributed by atoms with van der Waals surface area (Å²) in [7, 11) is 0. The van der Waals surface area contributed by atoms with Gasteiger partial charge >= 0.3 is 0 Å². The zero-order valence-electron chi connectivity index (χ0n) is 22.6. The van der Waals surface area contributed by atoms with Gasteiger partial charge in [0, 0.05) is 6.42 Å². The van der Waals surface area contributed by atoms with Gasteiger partial charge in [0.25, 0.3) is 0 Å². The predicted molar refractivity (Wildman–Crippen MR) is 138 cm³/mol. The molecule has 2 fully saturated rings. The molecule has 2 aliphatic rings. The van der Waals surface area contributed by atoms with E-state index in [9.17, 15) is 35.4 Å². The lowest BCUT2D eigenvalue weighted by molar-refractivity contribution is -0.325. The van der Waals surface area contributed by atoms with Gasteiger partial charge in [0.15, 0.2) is 12.6 Å². The normalized spacial score (nSPS) is 35.8. The molecular weight excluding hydrogens is 500 g/mol. The van der Waals surface area contributed by atoms with Crippen molar-refractivity contribution in [2.75, 3.05) is 13.2 Å². The van der Waals surface area contributed by atoms with Crippen LogP contribution in [-0.4, -0.2) is 111 Å². The third-order valence-corrected chi connectivity index (χ3v) is 7.43. The number of nitrogens with one attached hydrogen (secondary N) is 1. The Balaban J connectivity index is 1.79. The van der Waals surface area contributed by atoms with Crippen LogP contribution in [0.15, 0.2) is 0 Å². The molecular formula is C26H50N2O10. The first-order chi connectivity index (χ1) is 18.2. The summed E-state index contributed by atoms with van der Waals surface area (Å²) >= 11 is 0. The van der Waals surface area contributed by atoms with E-state index in [4.69, 9.17) is 19.9 Å². The molecule has 1 amide bonds. The minimum Gasteiger partial charge on any atom is -0.394 e. The lowest BCUT2D eigenvalue weighted by Crippen LogP contribution is -2.68. The van der Waals surface area contributed by atoms with Gasteiger partial charge in [-0.2, -0.15) is 0 Å². The molecule has 1 unspecified atom stereocenters. The van der Waals surface area contributed by atoms with Crippen LogP contribution in [0.5, 0.6) is 0 Å². The maximum atomic E-state index is 12.5. The number of ether oxygens (including phenoxy) is 3. The summed E-state index contributed by atoms with van der Waals surface area (Å²) in [4.78, 5) is 12.5. The quantitative estimate of drug-likeness (QED) is 0.107. The molecule has 224 valence electrons. The second-order valence-electron chi connectivity index (χ2n) is 10.5. The van der Waals surface area contributed by atoms with Crippen molar-refractivity contribution in [3.8, 4) is 0 Å². The van der Waals surface area contributed by atoms with Crippen molar-refractivity contribution in [2.24, 2.45) is 5.73 Å². The number of carbonyl (C=O) groups excluding carboxylic acids is 1. The molecule has 2 saturated heterocycles. The molecule has 38 heavy (non-hydrogen) atoms. The Kier molecular flexibility index (Phi) is 15.5. The first kappa shape index (κ1) is 33.3. The topological polar surface area (TPSA) is 204 Å². The van der Waals surface area contributed by atoms with Crippen molar-refractivity contribution in [1.82, 2.24) is 5.32 Å². The molecule has 10 atom stereocenters. The van der Waals surface area contributed by atoms with Gasteiger partial charge in [-0.25, -0.2) is 0 Å². The summed E-state index contributed by atoms with van der Waals surface area (Å²) in [5.74, 6) is -0.363. The fourth-order valence-corrected chi connectivity index (χ4v) is 4.99. The average Bonchev–Trinajstić information content (AvgIpc) is 2.91. The van der Waals surface area contributed by atoms with Crippen molar-refractivity contribution < 1.29 is 49.6 Å². The number of rotatable bonds is 17. The van der Waals surface area contributed by atoms with Gasteiger partial charge < -0.3 is 55.9 Å². The Labute approximate surface area is 225 Å². The van der Waals surface area contributed by atoms with E-state index >= 15 is 0 Å². The van der Waals surface area contributed by atoms with Gasteiger partial charge in [0.05, 0.1) is 19.3 Å². The van der Waals surface area contributed by atoms with Gasteiger partial charge in [0.1, 0.15) is 42.7 Å². The van der Waals surface area contributed by atoms with Crippen LogP contribution in [0.25, 0.3) is 0 Å². The second kappa shape index (κ2) is 17.7. The molecule has 0 aromatic rings. The number of unbranched alkanes of at least 4 members (excludes halogenated alkanes) is 10. The van der Waals surface area contributed by atoms with Crippen LogP contribution in [-0.2, 0) is 19.0 Å². The van der Waals surface area contributed by atoms with Crippen LogP contribution < -0.4 is 11.1 Å². The number of aliphatic hydroxyl groups excluding tert-OH is 6. The Morgan fingerprint density at radius 1 is 0.789 bits per heavy atom. The van der Waals surface area contributed by atoms with E-state index < -0.39 is 74.5 Å². The Morgan fingerprint density at radius 3 is 1.89 bits per heavy atom. The first-order valence-electron chi connectivity index (χ1n) is 14.2. The summed E-state index contributed by atoms with van der Waals surface area (Å²) in [5.41, 5.74) is 5.91. The molecule has 12 nitrogen and oxygen atoms in total. The van der Waals surface area contributed by atoms with Crippen LogP contribution in [0, 0.1) is 0 Å². The minimum atomic E-state index is -1.60. The van der Waals surface area contributed by atoms with Crippen LogP contribution in [0.3, 0.4) is 0 Å². The highest BCUT2D eigenvalue weighted by Gasteiger charge is 2.50. The lowest BCUT2D eigenvalue weighted by Gasteiger charge is -2.46. The fourth-order valence-electron chi connectivity index (χ4n) is 4.99. The van der Waals surface area contributed by atoms with Gasteiger partial charge in [-0.3, -0.25) is 4.79 Å². The highest BCUT2D eigenvalue weighted by Crippen LogP contribution is 2.28. The number of hydrogen-bond acceptors (Lipinski definition) is 11. The van der Waals surface area contributed by atoms with Crippen molar-refractivity contribution in [3.63, 3.8) is 0 Å². The summed E-state index contributed by atoms with van der Waals surface area (Å²) in [6, 6.07) is -2.48. The largest absolute Gasteiger partial charge is 0.394 e. The summed E-state index contributed by atoms with van der Waals surface area (Å²) in [6.07, 6.45) is 1.83. The minimum absolute atomic E-state index is 0.223. The zero-order chi connectivity index (χ0) is 28.1. The van der Waals surface area contributed by atoms with E-state index in [0.29, 0.717) is 6.42 Å². The molecule has 0 radical (unpaired) electrons. The number of amides is 1. The Morgan fingerprint density at radius 2 is 1.34 bits per heavy atom. The highest BCUT2D eigenvalue weighted by molar-refractivity contribution is 5.76. The maximum absolute atomic E-state index is 12.5. The standard InChI is InChI=1S/C26H50N2O10/c1-2-3-4-5-6-7-8-9-10-11-12-13-18(31)28-20-23(34)24(17(15-30)36-25(20)35)38-26-19(27)22(33)21(32)16(14-29)37-26/h16-17,19-26,29-30,32-35H,2-15,27H2,1H3,(H,28,31)/t16-,17-,19-,20-,21-,22-,23-,24?,25-,26+/m1/s1. The van der Waals surface area contributed by atoms with Gasteiger partial charge in [0.2, 0.25) is 5.91 Å². The number of carbonyl (C=O) groups is 1. The Hall–Kier alpha value is -0.930. The maximum Gasteiger partial charge on any atom is 0.220 e. The summed E-state index contributed by atoms with van der Waals surface area (Å²) in [6.45, 7) is 0.965. The second-order valence-corrected chi connectivity index (χ2v) is 10.5. The monoisotopic (exact) mass is 550 g/mol. The SMILES string of the molecule is CCCCCCCCCCCCCC(=O)N[C@H]1[C@H](O)O[C@H](CO)C(O[C@@H]2O[C@H](CO)[C@@H](O)[C@H](O)[C@H]2N)[C@@H]1O. The lowest BCUT2D eigenvalue weighted by atomic mass is 9.95. The third-order valence-electron chi connectivity index (χ3n) is 7.43. The van der Waals surface area contributed by atoms with Gasteiger partial charge in [-0.05, 0) is 6.42 Å². The van der Waals surface area contributed by atoms with E-state index in [1.807, 2.05) is 0 Å². The van der Waals surface area contributed by atoms with Crippen LogP contribution in [0.4, 0.5) is 0 Å². The molecule has 0 saturated carbocycles. The van der Waals surface area contributed by atoms with Crippen LogP contribution in [0.2, 0.25) is 0 Å². The van der Waals surface area contributed by atoms with Crippen LogP contribution in [0.1, 0.15) is 84.0 Å². The molecule has 0 aromatic heterocycles. The Bertz CT molecular complexity index is 658. The summed E-state index contributed by atoms with van der Waals surface area (Å²) < 4.78 is 16.5. The molecule has 0 aromatic carbocycles. The average molecular weight is 551 g/mol. The smallest absolute Gasteiger partial charge is 0.220 e. The van der Waals surface area contributed by atoms with Crippen molar-refractivity contribution in [1.29, 1.82) is 0 Å². The van der Waals surface area contributed by atoms with E-state index in [2.05, 4.69) is 12.2 Å². The van der Waals surface area contributed by atoms with E-state index in [1.165, 1.54) is 44.9 Å². The van der Waals surface area contributed by atoms with E-state index in [-0.39, 0.29) is 12.3 Å². The molecule has 0 bridgehead atoms. The van der Waals surface area contributed by atoms with Gasteiger partial charge in [-0.1, -0.05) is 71.1 Å². The third kappa shape index (κ3) is 9.92. The molecule has 0 aliphatic carbocycles. The molecule has 2 heterocycles. The van der Waals surface area contributed by atoms with Crippen molar-refractivity contribution in [2.45, 2.75) is 145 Å². The zero-order valence-corrected chi connectivity index (χ0v) is 22.6. The molecule has 12 heteroatoms. The van der Waals surface area contributed by atoms with Crippen LogP contribution >= 0.6 is 0 Å². The fraction of sp³-hybridized carbons (Fsp3) is 0.962. The number of nitrogens with two attached hydrogens (primary N) is 1. The predicted octanol–water partition coefficient (Wildman–Crippen LogP) is -0.606. The highest BCUT2D eigenvalue weighted by atomic mass is 16.7. The van der Waals surface area contributed by atoms with Gasteiger partial charge in [-0.15, -0.1) is 0 Å². The molecule has 2 aliphatic heterocycles. The van der Waals surface area contributed by atoms with E-state index in [0.717, 1.165) is 19.3 Å². The first-order valence-corrected chi connectivity index (χ1v) is 14.2. The van der Waals surface area contributed by atoms with Crippen molar-refractivity contribution >= 4 is 5.91 Å². The van der Waals surface area contributed by atoms with E-state index in [1.54, 1.807) is 0 Å². The van der Waals surface area contributed by atoms with Crippen molar-refractivity contribution in [3.05, 3.63) is 0 Å².